The smallest absolute Gasteiger partial charge is 0.245 e. The summed E-state index contributed by atoms with van der Waals surface area (Å²) in [5, 5.41) is 2.64. The third-order valence-electron chi connectivity index (χ3n) is 3.12. The van der Waals surface area contributed by atoms with Gasteiger partial charge in [0.1, 0.15) is 6.33 Å². The van der Waals surface area contributed by atoms with Gasteiger partial charge in [0.25, 0.3) is 0 Å². The third-order valence-corrected chi connectivity index (χ3v) is 3.12. The number of carbonyl (C=O) groups excluding carboxylic acids is 1. The van der Waals surface area contributed by atoms with Crippen LogP contribution in [-0.4, -0.2) is 39.6 Å². The minimum atomic E-state index is -0.644. The van der Waals surface area contributed by atoms with E-state index in [0.29, 0.717) is 23.6 Å². The van der Waals surface area contributed by atoms with Gasteiger partial charge in [-0.05, 0) is 13.8 Å². The number of fused-ring (bicyclic) bond motifs is 1. The Morgan fingerprint density at radius 3 is 2.80 bits per heavy atom. The molecule has 0 radical (unpaired) electrons. The van der Waals surface area contributed by atoms with Gasteiger partial charge in [0.15, 0.2) is 11.2 Å². The maximum Gasteiger partial charge on any atom is 0.245 e. The van der Waals surface area contributed by atoms with Crippen LogP contribution in [0, 0.1) is 5.41 Å². The van der Waals surface area contributed by atoms with Crippen LogP contribution in [0.5, 0.6) is 5.88 Å². The fourth-order valence-electron chi connectivity index (χ4n) is 2.04. The highest BCUT2D eigenvalue weighted by molar-refractivity contribution is 5.82. The number of methoxy groups -OCH3 is 1. The lowest BCUT2D eigenvalue weighted by atomic mass is 9.92. The Bertz CT molecular complexity index is 649. The van der Waals surface area contributed by atoms with Gasteiger partial charge < -0.3 is 15.8 Å². The van der Waals surface area contributed by atoms with Gasteiger partial charge in [-0.3, -0.25) is 9.36 Å². The lowest BCUT2D eigenvalue weighted by molar-refractivity contribution is -0.129. The largest absolute Gasteiger partial charge is 0.479 e. The molecule has 1 amide bonds. The molecule has 2 heterocycles. The number of nitrogen functional groups attached to an aromatic ring is 1. The predicted octanol–water partition coefficient (Wildman–Crippen LogP) is 0.189. The van der Waals surface area contributed by atoms with Crippen molar-refractivity contribution in [3.05, 3.63) is 6.33 Å². The van der Waals surface area contributed by atoms with Crippen molar-refractivity contribution in [3.63, 3.8) is 0 Å². The van der Waals surface area contributed by atoms with Gasteiger partial charge >= 0.3 is 0 Å². The molecule has 0 aliphatic heterocycles. The summed E-state index contributed by atoms with van der Waals surface area (Å²) in [6.07, 6.45) is 1.38. The zero-order valence-corrected chi connectivity index (χ0v) is 12.0. The molecule has 0 saturated heterocycles. The highest BCUT2D eigenvalue weighted by Crippen LogP contribution is 2.27. The maximum atomic E-state index is 11.9. The third kappa shape index (κ3) is 2.24. The molecule has 0 fully saturated rings. The van der Waals surface area contributed by atoms with Crippen LogP contribution in [0.2, 0.25) is 0 Å². The van der Waals surface area contributed by atoms with Crippen LogP contribution < -0.4 is 15.8 Å². The number of nitrogens with two attached hydrogens (primary N) is 1. The molecule has 0 bridgehead atoms. The molecule has 2 rings (SSSR count). The fourth-order valence-corrected chi connectivity index (χ4v) is 2.04. The average Bonchev–Trinajstić information content (AvgIpc) is 2.73. The minimum absolute atomic E-state index is 0.0835. The second-order valence-corrected chi connectivity index (χ2v) is 5.07. The Morgan fingerprint density at radius 1 is 1.50 bits per heavy atom. The van der Waals surface area contributed by atoms with Gasteiger partial charge in [0.05, 0.1) is 12.5 Å². The Morgan fingerprint density at radius 2 is 2.20 bits per heavy atom. The number of hydrogen-bond donors (Lipinski definition) is 2. The van der Waals surface area contributed by atoms with Crippen molar-refractivity contribution in [2.45, 2.75) is 20.4 Å². The molecule has 0 aliphatic carbocycles. The number of nitrogens with one attached hydrogen (secondary N) is 1. The quantitative estimate of drug-likeness (QED) is 0.826. The van der Waals surface area contributed by atoms with Crippen LogP contribution in [0.25, 0.3) is 11.2 Å². The van der Waals surface area contributed by atoms with Gasteiger partial charge in [0, 0.05) is 13.6 Å². The SMILES string of the molecule is CNC(=O)C(C)(C)Cn1c(N)nc2c(OC)ncnc21. The van der Waals surface area contributed by atoms with Gasteiger partial charge in [-0.25, -0.2) is 9.97 Å². The zero-order valence-electron chi connectivity index (χ0n) is 12.0. The lowest BCUT2D eigenvalue weighted by Gasteiger charge is -2.23. The van der Waals surface area contributed by atoms with E-state index in [4.69, 9.17) is 10.5 Å². The summed E-state index contributed by atoms with van der Waals surface area (Å²) in [6, 6.07) is 0. The van der Waals surface area contributed by atoms with Gasteiger partial charge in [-0.15, -0.1) is 0 Å². The lowest BCUT2D eigenvalue weighted by Crippen LogP contribution is -2.38. The number of anilines is 1. The monoisotopic (exact) mass is 278 g/mol. The number of aromatic nitrogens is 4. The van der Waals surface area contributed by atoms with Gasteiger partial charge in [0.2, 0.25) is 17.7 Å². The van der Waals surface area contributed by atoms with E-state index in [-0.39, 0.29) is 11.9 Å². The van der Waals surface area contributed by atoms with Crippen LogP contribution >= 0.6 is 0 Å². The highest BCUT2D eigenvalue weighted by Gasteiger charge is 2.29. The van der Waals surface area contributed by atoms with Crippen molar-refractivity contribution < 1.29 is 9.53 Å². The summed E-state index contributed by atoms with van der Waals surface area (Å²) in [4.78, 5) is 24.3. The van der Waals surface area contributed by atoms with E-state index in [1.807, 2.05) is 13.8 Å². The topological polar surface area (TPSA) is 108 Å². The zero-order chi connectivity index (χ0) is 14.9. The first-order chi connectivity index (χ1) is 9.40. The maximum absolute atomic E-state index is 11.9. The molecule has 2 aromatic heterocycles. The average molecular weight is 278 g/mol. The second-order valence-electron chi connectivity index (χ2n) is 5.07. The van der Waals surface area contributed by atoms with Crippen LogP contribution in [0.3, 0.4) is 0 Å². The van der Waals surface area contributed by atoms with E-state index in [9.17, 15) is 4.79 Å². The Kier molecular flexibility index (Phi) is 3.47. The van der Waals surface area contributed by atoms with Crippen molar-refractivity contribution in [2.24, 2.45) is 5.41 Å². The predicted molar refractivity (Wildman–Crippen MR) is 74.1 cm³/mol. The number of rotatable bonds is 4. The summed E-state index contributed by atoms with van der Waals surface area (Å²) >= 11 is 0. The summed E-state index contributed by atoms with van der Waals surface area (Å²) in [5.74, 6) is 0.550. The molecule has 3 N–H and O–H groups in total. The van der Waals surface area contributed by atoms with Gasteiger partial charge in [-0.2, -0.15) is 4.98 Å². The molecule has 0 saturated carbocycles. The summed E-state index contributed by atoms with van der Waals surface area (Å²) < 4.78 is 6.82. The first kappa shape index (κ1) is 14.0. The van der Waals surface area contributed by atoms with Crippen LogP contribution in [0.4, 0.5) is 5.95 Å². The van der Waals surface area contributed by atoms with Crippen LogP contribution in [0.1, 0.15) is 13.8 Å². The molecule has 0 spiro atoms. The fraction of sp³-hybridized carbons (Fsp3) is 0.500. The Balaban J connectivity index is 2.50. The number of nitrogens with zero attached hydrogens (tertiary/aromatic N) is 4. The number of carbonyl (C=O) groups is 1. The molecule has 0 aliphatic rings. The van der Waals surface area contributed by atoms with E-state index in [0.717, 1.165) is 0 Å². The molecule has 2 aromatic rings. The molecule has 0 unspecified atom stereocenters. The van der Waals surface area contributed by atoms with E-state index < -0.39 is 5.41 Å². The van der Waals surface area contributed by atoms with Crippen molar-refractivity contribution in [1.29, 1.82) is 0 Å². The normalized spacial score (nSPS) is 11.6. The molecule has 8 heteroatoms. The molecule has 8 nitrogen and oxygen atoms in total. The first-order valence-corrected chi connectivity index (χ1v) is 6.13. The highest BCUT2D eigenvalue weighted by atomic mass is 16.5. The number of hydrogen-bond acceptors (Lipinski definition) is 6. The van der Waals surface area contributed by atoms with E-state index in [2.05, 4.69) is 20.3 Å². The molecule has 20 heavy (non-hydrogen) atoms. The van der Waals surface area contributed by atoms with Crippen LogP contribution in [0.15, 0.2) is 6.33 Å². The summed E-state index contributed by atoms with van der Waals surface area (Å²) in [6.45, 7) is 4.01. The minimum Gasteiger partial charge on any atom is -0.479 e. The standard InChI is InChI=1S/C12H18N6O2/c1-12(2,10(19)14-3)5-18-8-7(17-11(18)13)9(20-4)16-6-15-8/h6H,5H2,1-4H3,(H2,13,17)(H,14,19). The first-order valence-electron chi connectivity index (χ1n) is 6.13. The Labute approximate surface area is 116 Å². The van der Waals surface area contributed by atoms with E-state index >= 15 is 0 Å². The van der Waals surface area contributed by atoms with Crippen molar-refractivity contribution in [3.8, 4) is 5.88 Å². The second kappa shape index (κ2) is 4.95. The van der Waals surface area contributed by atoms with Crippen molar-refractivity contribution in [2.75, 3.05) is 19.9 Å². The number of amides is 1. The summed E-state index contributed by atoms with van der Waals surface area (Å²) in [5.41, 5.74) is 6.31. The van der Waals surface area contributed by atoms with E-state index in [1.165, 1.54) is 13.4 Å². The van der Waals surface area contributed by atoms with E-state index in [1.54, 1.807) is 11.6 Å². The van der Waals surface area contributed by atoms with Crippen molar-refractivity contribution in [1.82, 2.24) is 24.8 Å². The Hall–Kier alpha value is -2.38. The van der Waals surface area contributed by atoms with Gasteiger partial charge in [-0.1, -0.05) is 0 Å². The molecule has 0 aromatic carbocycles. The molecule has 0 atom stereocenters. The number of ether oxygens (including phenoxy) is 1. The molecule has 108 valence electrons. The summed E-state index contributed by atoms with van der Waals surface area (Å²) in [7, 11) is 3.11. The van der Waals surface area contributed by atoms with Crippen molar-refractivity contribution >= 4 is 23.0 Å². The molecular formula is C12H18N6O2. The number of imidazole rings is 1. The van der Waals surface area contributed by atoms with Crippen LogP contribution in [-0.2, 0) is 11.3 Å². The molecular weight excluding hydrogens is 260 g/mol.